The van der Waals surface area contributed by atoms with Crippen molar-refractivity contribution >= 4 is 39.4 Å². The molecule has 0 spiro atoms. The first-order chi connectivity index (χ1) is 8.49. The predicted octanol–water partition coefficient (Wildman–Crippen LogP) is 2.64. The van der Waals surface area contributed by atoms with Crippen LogP contribution < -0.4 is 9.74 Å². The van der Waals surface area contributed by atoms with E-state index in [1.165, 1.54) is 0 Å². The summed E-state index contributed by atoms with van der Waals surface area (Å²) in [5.41, 5.74) is 0.868. The molecule has 0 aromatic carbocycles. The van der Waals surface area contributed by atoms with Gasteiger partial charge in [0.05, 0.1) is 6.04 Å². The summed E-state index contributed by atoms with van der Waals surface area (Å²) < 4.78 is 1.78. The number of amides is 1. The lowest BCUT2D eigenvalue weighted by Gasteiger charge is -2.19. The molecule has 1 N–H and O–H groups in total. The van der Waals surface area contributed by atoms with Crippen LogP contribution in [-0.2, 0) is 4.79 Å². The van der Waals surface area contributed by atoms with Gasteiger partial charge in [-0.15, -0.1) is 0 Å². The average Bonchev–Trinajstić information content (AvgIpc) is 2.77. The van der Waals surface area contributed by atoms with Crippen LogP contribution in [0.4, 0.5) is 5.82 Å². The van der Waals surface area contributed by atoms with Crippen LogP contribution in [0.2, 0.25) is 0 Å². The van der Waals surface area contributed by atoms with Crippen molar-refractivity contribution in [1.29, 1.82) is 0 Å². The molecule has 1 saturated heterocycles. The van der Waals surface area contributed by atoms with Gasteiger partial charge in [-0.1, -0.05) is 13.0 Å². The molecule has 98 valence electrons. The summed E-state index contributed by atoms with van der Waals surface area (Å²) in [7, 11) is 0. The molecule has 1 fully saturated rings. The van der Waals surface area contributed by atoms with Crippen molar-refractivity contribution in [1.82, 2.24) is 10.3 Å². The summed E-state index contributed by atoms with van der Waals surface area (Å²) in [6, 6.07) is 3.49. The monoisotopic (exact) mass is 331 g/mol. The molecule has 1 aliphatic heterocycles. The van der Waals surface area contributed by atoms with E-state index >= 15 is 0 Å². The maximum atomic E-state index is 12.2. The van der Waals surface area contributed by atoms with Crippen molar-refractivity contribution in [3.8, 4) is 0 Å². The molecule has 1 amide bonds. The molecule has 0 saturated carbocycles. The SMILES string of the molecule is Cc1ccc(Br)nc1N(Cl)C(=O)[C@@H]1C[C@H](C)CN1. The van der Waals surface area contributed by atoms with Gasteiger partial charge in [-0.3, -0.25) is 4.79 Å². The van der Waals surface area contributed by atoms with E-state index in [-0.39, 0.29) is 11.9 Å². The lowest BCUT2D eigenvalue weighted by Crippen LogP contribution is -2.39. The third kappa shape index (κ3) is 2.84. The number of aromatic nitrogens is 1. The Morgan fingerprint density at radius 1 is 1.61 bits per heavy atom. The van der Waals surface area contributed by atoms with Crippen molar-refractivity contribution in [3.05, 3.63) is 22.3 Å². The highest BCUT2D eigenvalue weighted by Gasteiger charge is 2.31. The summed E-state index contributed by atoms with van der Waals surface area (Å²) in [6.45, 7) is 4.84. The van der Waals surface area contributed by atoms with E-state index in [2.05, 4.69) is 33.2 Å². The molecule has 2 rings (SSSR count). The number of hydrogen-bond acceptors (Lipinski definition) is 3. The Hall–Kier alpha value is -0.650. The second kappa shape index (κ2) is 5.55. The Morgan fingerprint density at radius 3 is 2.94 bits per heavy atom. The Balaban J connectivity index is 2.17. The maximum Gasteiger partial charge on any atom is 0.260 e. The molecule has 2 heterocycles. The van der Waals surface area contributed by atoms with Crippen molar-refractivity contribution in [2.24, 2.45) is 5.92 Å². The van der Waals surface area contributed by atoms with Gasteiger partial charge in [0.25, 0.3) is 5.91 Å². The van der Waals surface area contributed by atoms with Gasteiger partial charge in [-0.2, -0.15) is 0 Å². The zero-order valence-electron chi connectivity index (χ0n) is 10.3. The Morgan fingerprint density at radius 2 is 2.33 bits per heavy atom. The lowest BCUT2D eigenvalue weighted by atomic mass is 10.1. The second-order valence-corrected chi connectivity index (χ2v) is 5.85. The van der Waals surface area contributed by atoms with E-state index in [1.54, 1.807) is 0 Å². The molecule has 6 heteroatoms. The molecule has 18 heavy (non-hydrogen) atoms. The van der Waals surface area contributed by atoms with Gasteiger partial charge >= 0.3 is 0 Å². The van der Waals surface area contributed by atoms with Crippen LogP contribution in [0.15, 0.2) is 16.7 Å². The van der Waals surface area contributed by atoms with Crippen molar-refractivity contribution in [3.63, 3.8) is 0 Å². The van der Waals surface area contributed by atoms with E-state index in [4.69, 9.17) is 11.8 Å². The molecule has 1 aliphatic rings. The third-order valence-electron chi connectivity index (χ3n) is 3.06. The minimum Gasteiger partial charge on any atom is -0.306 e. The van der Waals surface area contributed by atoms with Gasteiger partial charge in [-0.05, 0) is 53.4 Å². The maximum absolute atomic E-state index is 12.2. The van der Waals surface area contributed by atoms with Gasteiger partial charge in [0.15, 0.2) is 5.82 Å². The number of nitrogens with zero attached hydrogens (tertiary/aromatic N) is 2. The number of pyridine rings is 1. The molecule has 0 aliphatic carbocycles. The molecule has 1 aromatic heterocycles. The van der Waals surface area contributed by atoms with E-state index in [0.29, 0.717) is 16.3 Å². The average molecular weight is 333 g/mol. The first-order valence-corrected chi connectivity index (χ1v) is 6.98. The minimum atomic E-state index is -0.210. The zero-order valence-corrected chi connectivity index (χ0v) is 12.6. The summed E-state index contributed by atoms with van der Waals surface area (Å²) in [4.78, 5) is 16.5. The highest BCUT2D eigenvalue weighted by Crippen LogP contribution is 2.24. The topological polar surface area (TPSA) is 45.2 Å². The van der Waals surface area contributed by atoms with Crippen LogP contribution in [0.3, 0.4) is 0 Å². The largest absolute Gasteiger partial charge is 0.306 e. The van der Waals surface area contributed by atoms with E-state index in [9.17, 15) is 4.79 Å². The first kappa shape index (κ1) is 13.8. The van der Waals surface area contributed by atoms with Gasteiger partial charge in [0.1, 0.15) is 4.60 Å². The number of hydrogen-bond donors (Lipinski definition) is 1. The van der Waals surface area contributed by atoms with Crippen LogP contribution >= 0.6 is 27.7 Å². The van der Waals surface area contributed by atoms with Gasteiger partial charge in [0, 0.05) is 11.8 Å². The molecule has 0 bridgehead atoms. The molecule has 0 radical (unpaired) electrons. The lowest BCUT2D eigenvalue weighted by molar-refractivity contribution is -0.119. The molecule has 4 nitrogen and oxygen atoms in total. The number of nitrogens with one attached hydrogen (secondary N) is 1. The van der Waals surface area contributed by atoms with Crippen molar-refractivity contribution < 1.29 is 4.79 Å². The van der Waals surface area contributed by atoms with E-state index in [1.807, 2.05) is 19.1 Å². The van der Waals surface area contributed by atoms with Gasteiger partial charge in [0.2, 0.25) is 0 Å². The number of rotatable bonds is 2. The molecule has 0 unspecified atom stereocenters. The summed E-state index contributed by atoms with van der Waals surface area (Å²) >= 11 is 9.41. The van der Waals surface area contributed by atoms with E-state index < -0.39 is 0 Å². The van der Waals surface area contributed by atoms with Gasteiger partial charge in [-0.25, -0.2) is 9.40 Å². The fraction of sp³-hybridized carbons (Fsp3) is 0.500. The standard InChI is InChI=1S/C12H15BrClN3O/c1-7-5-9(15-6-7)12(18)17(14)11-8(2)3-4-10(13)16-11/h3-4,7,9,15H,5-6H2,1-2H3/t7-,9-/m0/s1. The van der Waals surface area contributed by atoms with Gasteiger partial charge < -0.3 is 5.32 Å². The Kier molecular flexibility index (Phi) is 4.25. The minimum absolute atomic E-state index is 0.144. The number of halogens is 2. The third-order valence-corrected chi connectivity index (χ3v) is 3.83. The fourth-order valence-corrected chi connectivity index (χ4v) is 2.62. The highest BCUT2D eigenvalue weighted by atomic mass is 79.9. The number of anilines is 1. The summed E-state index contributed by atoms with van der Waals surface area (Å²) in [5, 5.41) is 3.18. The van der Waals surface area contributed by atoms with Crippen LogP contribution in [0.1, 0.15) is 18.9 Å². The van der Waals surface area contributed by atoms with Crippen molar-refractivity contribution in [2.75, 3.05) is 11.0 Å². The fourth-order valence-electron chi connectivity index (χ4n) is 2.04. The highest BCUT2D eigenvalue weighted by molar-refractivity contribution is 9.10. The van der Waals surface area contributed by atoms with Crippen LogP contribution in [-0.4, -0.2) is 23.5 Å². The number of carbonyl (C=O) groups is 1. The number of aryl methyl sites for hydroxylation is 1. The van der Waals surface area contributed by atoms with E-state index in [0.717, 1.165) is 22.9 Å². The molecule has 2 atom stereocenters. The van der Waals surface area contributed by atoms with Crippen LogP contribution in [0, 0.1) is 12.8 Å². The normalized spacial score (nSPS) is 23.1. The summed E-state index contributed by atoms with van der Waals surface area (Å²) in [6.07, 6.45) is 0.815. The van der Waals surface area contributed by atoms with Crippen molar-refractivity contribution in [2.45, 2.75) is 26.3 Å². The quantitative estimate of drug-likeness (QED) is 0.669. The molecular weight excluding hydrogens is 318 g/mol. The van der Waals surface area contributed by atoms with Crippen LogP contribution in [0.25, 0.3) is 0 Å². The second-order valence-electron chi connectivity index (χ2n) is 4.70. The predicted molar refractivity (Wildman–Crippen MR) is 75.6 cm³/mol. The Bertz CT molecular complexity index is 469. The molecule has 1 aromatic rings. The van der Waals surface area contributed by atoms with Crippen LogP contribution in [0.5, 0.6) is 0 Å². The molecular formula is C12H15BrClN3O. The Labute approximate surface area is 120 Å². The zero-order chi connectivity index (χ0) is 13.3. The smallest absolute Gasteiger partial charge is 0.260 e. The summed E-state index contributed by atoms with van der Waals surface area (Å²) in [5.74, 6) is 0.840. The number of carbonyl (C=O) groups excluding carboxylic acids is 1. The first-order valence-electron chi connectivity index (χ1n) is 5.85.